The zero-order valence-electron chi connectivity index (χ0n) is 12.1. The zero-order valence-corrected chi connectivity index (χ0v) is 12.1. The quantitative estimate of drug-likeness (QED) is 0.912. The fourth-order valence-electron chi connectivity index (χ4n) is 2.75. The number of nitrogens with zero attached hydrogens (tertiary/aromatic N) is 3. The fourth-order valence-corrected chi connectivity index (χ4v) is 2.75. The Labute approximate surface area is 127 Å². The van der Waals surface area contributed by atoms with Gasteiger partial charge in [0.25, 0.3) is 5.91 Å². The summed E-state index contributed by atoms with van der Waals surface area (Å²) in [7, 11) is 0. The van der Waals surface area contributed by atoms with Crippen molar-refractivity contribution < 1.29 is 13.9 Å². The number of imidazole rings is 1. The van der Waals surface area contributed by atoms with Crippen LogP contribution in [0.2, 0.25) is 0 Å². The van der Waals surface area contributed by atoms with Gasteiger partial charge in [-0.25, -0.2) is 9.97 Å². The first-order chi connectivity index (χ1) is 10.8. The number of carbonyl (C=O) groups is 1. The SMILES string of the molecule is O=C(Nc1ncc(C2CC2)o1)[C@@H]1CC[C@H](Cn2ccnc2)O1. The molecule has 7 nitrogen and oxygen atoms in total. The van der Waals surface area contributed by atoms with Crippen LogP contribution in [0, 0.1) is 0 Å². The number of hydrogen-bond donors (Lipinski definition) is 1. The Kier molecular flexibility index (Phi) is 3.42. The van der Waals surface area contributed by atoms with Gasteiger partial charge < -0.3 is 13.7 Å². The molecule has 1 N–H and O–H groups in total. The Morgan fingerprint density at radius 3 is 3.05 bits per heavy atom. The minimum absolute atomic E-state index is 0.0385. The van der Waals surface area contributed by atoms with Gasteiger partial charge in [-0.1, -0.05) is 0 Å². The van der Waals surface area contributed by atoms with Crippen molar-refractivity contribution >= 4 is 11.9 Å². The first kappa shape index (κ1) is 13.5. The van der Waals surface area contributed by atoms with E-state index in [9.17, 15) is 4.79 Å². The molecule has 0 unspecified atom stereocenters. The second-order valence-corrected chi connectivity index (χ2v) is 5.91. The second-order valence-electron chi connectivity index (χ2n) is 5.91. The van der Waals surface area contributed by atoms with Crippen LogP contribution < -0.4 is 5.32 Å². The average Bonchev–Trinajstić information content (AvgIpc) is 2.96. The van der Waals surface area contributed by atoms with E-state index in [-0.39, 0.29) is 18.0 Å². The summed E-state index contributed by atoms with van der Waals surface area (Å²) in [6.07, 6.45) is 10.5. The van der Waals surface area contributed by atoms with E-state index < -0.39 is 6.10 Å². The molecule has 1 aliphatic heterocycles. The lowest BCUT2D eigenvalue weighted by atomic mass is 10.2. The third kappa shape index (κ3) is 2.89. The maximum absolute atomic E-state index is 12.2. The molecule has 1 amide bonds. The minimum Gasteiger partial charge on any atom is -0.428 e. The lowest BCUT2D eigenvalue weighted by molar-refractivity contribution is -0.127. The van der Waals surface area contributed by atoms with Crippen molar-refractivity contribution in [3.05, 3.63) is 30.7 Å². The van der Waals surface area contributed by atoms with E-state index >= 15 is 0 Å². The van der Waals surface area contributed by atoms with Crippen molar-refractivity contribution in [3.8, 4) is 0 Å². The molecule has 2 aromatic rings. The predicted octanol–water partition coefficient (Wildman–Crippen LogP) is 1.93. The molecule has 0 bridgehead atoms. The number of anilines is 1. The van der Waals surface area contributed by atoms with Crippen LogP contribution in [0.15, 0.2) is 29.3 Å². The van der Waals surface area contributed by atoms with Gasteiger partial charge in [0.1, 0.15) is 11.9 Å². The molecule has 0 spiro atoms. The first-order valence-corrected chi connectivity index (χ1v) is 7.66. The highest BCUT2D eigenvalue weighted by molar-refractivity contribution is 5.92. The minimum atomic E-state index is -0.440. The van der Waals surface area contributed by atoms with Crippen molar-refractivity contribution in [1.29, 1.82) is 0 Å². The Hall–Kier alpha value is -2.15. The molecule has 116 valence electrons. The monoisotopic (exact) mass is 302 g/mol. The summed E-state index contributed by atoms with van der Waals surface area (Å²) in [5, 5.41) is 2.71. The van der Waals surface area contributed by atoms with Crippen molar-refractivity contribution in [1.82, 2.24) is 14.5 Å². The van der Waals surface area contributed by atoms with E-state index in [0.29, 0.717) is 18.9 Å². The van der Waals surface area contributed by atoms with E-state index in [2.05, 4.69) is 15.3 Å². The van der Waals surface area contributed by atoms with Gasteiger partial charge in [-0.2, -0.15) is 0 Å². The highest BCUT2D eigenvalue weighted by atomic mass is 16.5. The van der Waals surface area contributed by atoms with Gasteiger partial charge in [0.15, 0.2) is 0 Å². The summed E-state index contributed by atoms with van der Waals surface area (Å²) in [6.45, 7) is 0.717. The molecule has 4 rings (SSSR count). The van der Waals surface area contributed by atoms with Crippen molar-refractivity contribution in [2.24, 2.45) is 0 Å². The van der Waals surface area contributed by atoms with Crippen LogP contribution in [0.3, 0.4) is 0 Å². The number of rotatable bonds is 5. The molecule has 1 saturated carbocycles. The summed E-state index contributed by atoms with van der Waals surface area (Å²) < 4.78 is 13.3. The molecule has 2 atom stereocenters. The number of carbonyl (C=O) groups excluding carboxylic acids is 1. The standard InChI is InChI=1S/C15H18N4O3/c20-14(18-15-17-7-13(22-15)10-1-2-10)12-4-3-11(21-12)8-19-6-5-16-9-19/h5-7,9-12H,1-4,8H2,(H,17,18,20)/t11-,12+/m1/s1. The highest BCUT2D eigenvalue weighted by Crippen LogP contribution is 2.40. The Morgan fingerprint density at radius 2 is 2.27 bits per heavy atom. The molecule has 22 heavy (non-hydrogen) atoms. The molecule has 1 aliphatic carbocycles. The van der Waals surface area contributed by atoms with Gasteiger partial charge in [0.2, 0.25) is 0 Å². The number of amides is 1. The average molecular weight is 302 g/mol. The smallest absolute Gasteiger partial charge is 0.301 e. The maximum Gasteiger partial charge on any atom is 0.301 e. The van der Waals surface area contributed by atoms with Crippen LogP contribution in [0.25, 0.3) is 0 Å². The third-order valence-electron chi connectivity index (χ3n) is 4.11. The molecule has 1 saturated heterocycles. The molecular formula is C15H18N4O3. The van der Waals surface area contributed by atoms with Gasteiger partial charge in [0.05, 0.1) is 18.6 Å². The summed E-state index contributed by atoms with van der Waals surface area (Å²) in [6, 6.07) is 0.272. The topological polar surface area (TPSA) is 82.2 Å². The van der Waals surface area contributed by atoms with E-state index in [4.69, 9.17) is 9.15 Å². The number of nitrogens with one attached hydrogen (secondary N) is 1. The highest BCUT2D eigenvalue weighted by Gasteiger charge is 2.32. The summed E-state index contributed by atoms with van der Waals surface area (Å²) in [4.78, 5) is 20.3. The molecule has 3 heterocycles. The van der Waals surface area contributed by atoms with Crippen LogP contribution in [0.4, 0.5) is 6.01 Å². The molecule has 2 aromatic heterocycles. The number of ether oxygens (including phenoxy) is 1. The second kappa shape index (κ2) is 5.57. The number of aromatic nitrogens is 3. The van der Waals surface area contributed by atoms with Crippen LogP contribution in [0.1, 0.15) is 37.4 Å². The fraction of sp³-hybridized carbons (Fsp3) is 0.533. The Balaban J connectivity index is 1.31. The molecule has 7 heteroatoms. The molecule has 2 aliphatic rings. The summed E-state index contributed by atoms with van der Waals surface area (Å²) in [5.41, 5.74) is 0. The number of hydrogen-bond acceptors (Lipinski definition) is 5. The largest absolute Gasteiger partial charge is 0.428 e. The van der Waals surface area contributed by atoms with Crippen LogP contribution in [-0.2, 0) is 16.1 Å². The van der Waals surface area contributed by atoms with Gasteiger partial charge in [-0.05, 0) is 25.7 Å². The van der Waals surface area contributed by atoms with Crippen LogP contribution >= 0.6 is 0 Å². The van der Waals surface area contributed by atoms with Gasteiger partial charge in [-0.3, -0.25) is 10.1 Å². The van der Waals surface area contributed by atoms with E-state index in [1.165, 1.54) is 0 Å². The first-order valence-electron chi connectivity index (χ1n) is 7.66. The zero-order chi connectivity index (χ0) is 14.9. The van der Waals surface area contributed by atoms with Crippen LogP contribution in [-0.4, -0.2) is 32.7 Å². The third-order valence-corrected chi connectivity index (χ3v) is 4.11. The van der Waals surface area contributed by atoms with E-state index in [1.807, 2.05) is 10.8 Å². The Morgan fingerprint density at radius 1 is 1.36 bits per heavy atom. The molecule has 0 radical (unpaired) electrons. The van der Waals surface area contributed by atoms with Crippen molar-refractivity contribution in [2.75, 3.05) is 5.32 Å². The van der Waals surface area contributed by atoms with Crippen molar-refractivity contribution in [2.45, 2.75) is 50.4 Å². The predicted molar refractivity (Wildman–Crippen MR) is 77.2 cm³/mol. The van der Waals surface area contributed by atoms with Gasteiger partial charge in [0, 0.05) is 24.9 Å². The molecule has 0 aromatic carbocycles. The number of oxazole rings is 1. The Bertz CT molecular complexity index is 648. The van der Waals surface area contributed by atoms with E-state index in [0.717, 1.165) is 25.0 Å². The van der Waals surface area contributed by atoms with Crippen LogP contribution in [0.5, 0.6) is 0 Å². The normalized spacial score (nSPS) is 24.5. The molecule has 2 fully saturated rings. The summed E-state index contributed by atoms with van der Waals surface area (Å²) in [5.74, 6) is 1.17. The van der Waals surface area contributed by atoms with E-state index in [1.54, 1.807) is 18.7 Å². The lowest BCUT2D eigenvalue weighted by Gasteiger charge is -2.13. The summed E-state index contributed by atoms with van der Waals surface area (Å²) >= 11 is 0. The molecular weight excluding hydrogens is 284 g/mol. The lowest BCUT2D eigenvalue weighted by Crippen LogP contribution is -2.29. The van der Waals surface area contributed by atoms with Gasteiger partial charge in [-0.15, -0.1) is 0 Å². The maximum atomic E-state index is 12.2. The van der Waals surface area contributed by atoms with Crippen molar-refractivity contribution in [3.63, 3.8) is 0 Å². The van der Waals surface area contributed by atoms with Gasteiger partial charge >= 0.3 is 6.01 Å².